The number of rotatable bonds is 11. The number of nitrogens with one attached hydrogen (secondary N) is 2. The number of thioether (sulfide) groups is 1. The van der Waals surface area contributed by atoms with Gasteiger partial charge in [-0.1, -0.05) is 82.8 Å². The number of halogens is 2. The lowest BCUT2D eigenvalue weighted by Gasteiger charge is -2.35. The number of carbonyl (C=O) groups is 3. The lowest BCUT2D eigenvalue weighted by Crippen LogP contribution is -2.53. The summed E-state index contributed by atoms with van der Waals surface area (Å²) in [7, 11) is 0. The van der Waals surface area contributed by atoms with Gasteiger partial charge in [-0.15, -0.1) is 11.8 Å². The van der Waals surface area contributed by atoms with Gasteiger partial charge in [-0.2, -0.15) is 0 Å². The Bertz CT molecular complexity index is 1220. The number of carbonyl (C=O) groups excluding carboxylic acids is 3. The molecule has 3 aliphatic heterocycles. The maximum absolute atomic E-state index is 14.1. The first kappa shape index (κ1) is 28.5. The van der Waals surface area contributed by atoms with Crippen LogP contribution in [0.2, 0.25) is 5.02 Å². The summed E-state index contributed by atoms with van der Waals surface area (Å²) >= 11 is 11.8. The van der Waals surface area contributed by atoms with E-state index in [1.807, 2.05) is 30.3 Å². The quantitative estimate of drug-likeness (QED) is 0.248. The van der Waals surface area contributed by atoms with Crippen LogP contribution in [-0.2, 0) is 20.9 Å². The van der Waals surface area contributed by atoms with Crippen molar-refractivity contribution in [2.75, 3.05) is 18.5 Å². The highest BCUT2D eigenvalue weighted by atomic mass is 79.9. The summed E-state index contributed by atoms with van der Waals surface area (Å²) in [6.07, 6.45) is 3.76. The fourth-order valence-corrected chi connectivity index (χ4v) is 10.2. The van der Waals surface area contributed by atoms with E-state index in [1.54, 1.807) is 40.9 Å². The Hall–Kier alpha value is -2.07. The smallest absolute Gasteiger partial charge is 0.248 e. The van der Waals surface area contributed by atoms with Gasteiger partial charge >= 0.3 is 0 Å². The molecular weight excluding hydrogens is 602 g/mol. The van der Waals surface area contributed by atoms with Crippen LogP contribution in [0.3, 0.4) is 0 Å². The summed E-state index contributed by atoms with van der Waals surface area (Å²) in [5, 5.41) is 15.5. The molecular formula is C29H33BrClN3O4S. The molecule has 0 aromatic heterocycles. The Morgan fingerprint density at radius 2 is 1.77 bits per heavy atom. The molecule has 2 bridgehead atoms. The monoisotopic (exact) mass is 633 g/mol. The van der Waals surface area contributed by atoms with Crippen LogP contribution in [0.15, 0.2) is 54.6 Å². The molecule has 208 valence electrons. The molecule has 2 aromatic rings. The maximum Gasteiger partial charge on any atom is 0.248 e. The zero-order valence-electron chi connectivity index (χ0n) is 21.5. The molecule has 3 saturated heterocycles. The highest BCUT2D eigenvalue weighted by molar-refractivity contribution is 9.09. The molecule has 1 spiro atoms. The van der Waals surface area contributed by atoms with Crippen LogP contribution in [0.5, 0.6) is 0 Å². The normalized spacial score (nSPS) is 28.9. The summed E-state index contributed by atoms with van der Waals surface area (Å²) in [6.45, 7) is 0.959. The van der Waals surface area contributed by atoms with Gasteiger partial charge in [0.15, 0.2) is 0 Å². The number of alkyl halides is 1. The molecule has 3 heterocycles. The van der Waals surface area contributed by atoms with E-state index >= 15 is 0 Å². The molecule has 3 amide bonds. The molecule has 0 aliphatic carbocycles. The van der Waals surface area contributed by atoms with Gasteiger partial charge < -0.3 is 20.6 Å². The molecule has 0 saturated carbocycles. The van der Waals surface area contributed by atoms with E-state index < -0.39 is 22.6 Å². The summed E-state index contributed by atoms with van der Waals surface area (Å²) in [5.41, 5.74) is 1.50. The summed E-state index contributed by atoms with van der Waals surface area (Å²) < 4.78 is -0.707. The number of likely N-dealkylation sites (tertiary alicyclic amines) is 1. The highest BCUT2D eigenvalue weighted by Crippen LogP contribution is 2.67. The minimum absolute atomic E-state index is 0.0131. The fourth-order valence-electron chi connectivity index (χ4n) is 6.38. The number of benzene rings is 2. The molecule has 6 atom stereocenters. The van der Waals surface area contributed by atoms with Crippen molar-refractivity contribution in [3.8, 4) is 0 Å². The molecule has 3 aliphatic rings. The van der Waals surface area contributed by atoms with Crippen molar-refractivity contribution in [1.29, 1.82) is 0 Å². The van der Waals surface area contributed by atoms with E-state index in [9.17, 15) is 14.4 Å². The molecule has 3 fully saturated rings. The Labute approximate surface area is 246 Å². The number of nitrogens with zero attached hydrogens (tertiary/aromatic N) is 1. The van der Waals surface area contributed by atoms with E-state index in [4.69, 9.17) is 16.7 Å². The average molecular weight is 635 g/mol. The predicted octanol–water partition coefficient (Wildman–Crippen LogP) is 4.61. The van der Waals surface area contributed by atoms with Crippen molar-refractivity contribution >= 4 is 62.7 Å². The van der Waals surface area contributed by atoms with Gasteiger partial charge in [0, 0.05) is 29.8 Å². The molecule has 10 heteroatoms. The number of hydrogen-bond acceptors (Lipinski definition) is 5. The summed E-state index contributed by atoms with van der Waals surface area (Å²) in [5.74, 6) is -1.63. The molecule has 3 N–H and O–H groups in total. The molecule has 0 radical (unpaired) electrons. The van der Waals surface area contributed by atoms with Crippen molar-refractivity contribution in [1.82, 2.24) is 10.2 Å². The van der Waals surface area contributed by atoms with Crippen LogP contribution in [0.1, 0.15) is 37.7 Å². The first-order valence-corrected chi connectivity index (χ1v) is 15.6. The van der Waals surface area contributed by atoms with Gasteiger partial charge in [-0.3, -0.25) is 14.4 Å². The van der Waals surface area contributed by atoms with E-state index in [0.717, 1.165) is 24.8 Å². The van der Waals surface area contributed by atoms with E-state index in [2.05, 4.69) is 26.6 Å². The first-order valence-electron chi connectivity index (χ1n) is 13.5. The lowest BCUT2D eigenvalue weighted by atomic mass is 9.70. The van der Waals surface area contributed by atoms with E-state index in [1.165, 1.54) is 0 Å². The minimum Gasteiger partial charge on any atom is -0.396 e. The second kappa shape index (κ2) is 12.2. The fraction of sp³-hybridized carbons (Fsp3) is 0.483. The topological polar surface area (TPSA) is 98.7 Å². The second-order valence-electron chi connectivity index (χ2n) is 10.5. The minimum atomic E-state index is -0.717. The third-order valence-corrected chi connectivity index (χ3v) is 11.6. The van der Waals surface area contributed by atoms with Crippen LogP contribution in [0.25, 0.3) is 0 Å². The molecule has 3 unspecified atom stereocenters. The average Bonchev–Trinajstić information content (AvgIpc) is 3.52. The molecule has 39 heavy (non-hydrogen) atoms. The number of aliphatic hydroxyl groups excluding tert-OH is 1. The largest absolute Gasteiger partial charge is 0.396 e. The van der Waals surface area contributed by atoms with Gasteiger partial charge in [0.1, 0.15) is 6.04 Å². The van der Waals surface area contributed by atoms with Crippen LogP contribution in [0.4, 0.5) is 5.69 Å². The molecule has 7 nitrogen and oxygen atoms in total. The Morgan fingerprint density at radius 1 is 1.05 bits per heavy atom. The van der Waals surface area contributed by atoms with Gasteiger partial charge in [-0.25, -0.2) is 0 Å². The highest BCUT2D eigenvalue weighted by Gasteiger charge is 2.75. The third kappa shape index (κ3) is 5.47. The number of para-hydroxylation sites is 1. The van der Waals surface area contributed by atoms with Gasteiger partial charge in [-0.05, 0) is 37.0 Å². The maximum atomic E-state index is 14.1. The standard InChI is InChI=1S/C29H33BrClN3O4S/c30-19-16-29-23(22(24(19)39-29)26(36)32-17-18-10-4-3-5-11-18)28(38)34(14-8-1-2-9-15-35)25(29)27(37)33-21-13-7-6-12-20(21)31/h3-7,10-13,19,22-25,35H,1-2,8-9,14-17H2,(H,32,36)(H,33,37)/t19?,22-,23-,24-,25?,29?/m0/s1. The number of hydrogen-bond donors (Lipinski definition) is 3. The van der Waals surface area contributed by atoms with Crippen LogP contribution in [0, 0.1) is 11.8 Å². The number of aliphatic hydroxyl groups is 1. The lowest BCUT2D eigenvalue weighted by molar-refractivity contribution is -0.139. The summed E-state index contributed by atoms with van der Waals surface area (Å²) in [4.78, 5) is 43.4. The molecule has 2 aromatic carbocycles. The zero-order chi connectivity index (χ0) is 27.6. The van der Waals surface area contributed by atoms with Crippen molar-refractivity contribution < 1.29 is 19.5 Å². The Morgan fingerprint density at radius 3 is 2.51 bits per heavy atom. The second-order valence-corrected chi connectivity index (χ2v) is 13.6. The first-order chi connectivity index (χ1) is 18.9. The van der Waals surface area contributed by atoms with E-state index in [0.29, 0.717) is 36.6 Å². The Kier molecular flexibility index (Phi) is 8.91. The van der Waals surface area contributed by atoms with Crippen molar-refractivity contribution in [2.45, 2.75) is 59.5 Å². The number of anilines is 1. The Balaban J connectivity index is 1.42. The number of fused-ring (bicyclic) bond motifs is 1. The number of amides is 3. The molecule has 5 rings (SSSR count). The SMILES string of the molecule is O=C(Nc1ccccc1Cl)C1N(CCCCCCO)C(=O)[C@@H]2[C@H](C(=O)NCc3ccccc3)[C@H]3SC12CC3Br. The van der Waals surface area contributed by atoms with Crippen LogP contribution >= 0.6 is 39.3 Å². The predicted molar refractivity (Wildman–Crippen MR) is 158 cm³/mol. The van der Waals surface area contributed by atoms with Gasteiger partial charge in [0.2, 0.25) is 17.7 Å². The van der Waals surface area contributed by atoms with E-state index in [-0.39, 0.29) is 34.4 Å². The van der Waals surface area contributed by atoms with Crippen LogP contribution in [-0.4, -0.2) is 61.7 Å². The zero-order valence-corrected chi connectivity index (χ0v) is 24.7. The van der Waals surface area contributed by atoms with Gasteiger partial charge in [0.25, 0.3) is 0 Å². The van der Waals surface area contributed by atoms with Crippen molar-refractivity contribution in [2.24, 2.45) is 11.8 Å². The number of unbranched alkanes of at least 4 members (excludes halogenated alkanes) is 3. The van der Waals surface area contributed by atoms with Crippen LogP contribution < -0.4 is 10.6 Å². The third-order valence-electron chi connectivity index (χ3n) is 8.09. The van der Waals surface area contributed by atoms with Crippen molar-refractivity contribution in [3.63, 3.8) is 0 Å². The summed E-state index contributed by atoms with van der Waals surface area (Å²) in [6, 6.07) is 16.1. The van der Waals surface area contributed by atoms with Crippen molar-refractivity contribution in [3.05, 3.63) is 65.2 Å². The van der Waals surface area contributed by atoms with Gasteiger partial charge in [0.05, 0.1) is 27.3 Å².